The number of hydrogen-bond acceptors (Lipinski definition) is 3. The van der Waals surface area contributed by atoms with Gasteiger partial charge in [0.25, 0.3) is 0 Å². The summed E-state index contributed by atoms with van der Waals surface area (Å²) >= 11 is 0. The number of halogens is 1. The Morgan fingerprint density at radius 3 is 2.05 bits per heavy atom. The number of hydrogen-bond donors (Lipinski definition) is 1. The second-order valence-electron chi connectivity index (χ2n) is 6.73. The predicted molar refractivity (Wildman–Crippen MR) is 92.3 cm³/mol. The largest absolute Gasteiger partial charge is 0.375 e. The van der Waals surface area contributed by atoms with Crippen molar-refractivity contribution in [2.75, 3.05) is 19.6 Å². The fraction of sp³-hybridized carbons (Fsp3) is 0.941. The Bertz CT molecular complexity index is 325. The van der Waals surface area contributed by atoms with E-state index in [4.69, 9.17) is 10.5 Å². The van der Waals surface area contributed by atoms with E-state index < -0.39 is 0 Å². The van der Waals surface area contributed by atoms with E-state index in [-0.39, 0.29) is 23.7 Å². The molecular formula is C17H33ClN2O2. The Kier molecular flexibility index (Phi) is 8.15. The Morgan fingerprint density at radius 2 is 1.59 bits per heavy atom. The molecule has 0 bridgehead atoms. The van der Waals surface area contributed by atoms with Crippen molar-refractivity contribution in [3.05, 3.63) is 0 Å². The molecule has 0 spiro atoms. The van der Waals surface area contributed by atoms with E-state index in [0.29, 0.717) is 18.8 Å². The average Bonchev–Trinajstić information content (AvgIpc) is 3.03. The van der Waals surface area contributed by atoms with Gasteiger partial charge in [0.1, 0.15) is 0 Å². The minimum absolute atomic E-state index is 0. The third kappa shape index (κ3) is 4.36. The van der Waals surface area contributed by atoms with Gasteiger partial charge in [-0.15, -0.1) is 12.4 Å². The summed E-state index contributed by atoms with van der Waals surface area (Å²) in [5, 5.41) is 0. The van der Waals surface area contributed by atoms with Gasteiger partial charge >= 0.3 is 0 Å². The summed E-state index contributed by atoms with van der Waals surface area (Å²) in [5.74, 6) is 0.259. The number of nitrogens with two attached hydrogens (primary N) is 1. The molecule has 1 saturated carbocycles. The molecule has 0 radical (unpaired) electrons. The van der Waals surface area contributed by atoms with Gasteiger partial charge in [-0.25, -0.2) is 0 Å². The van der Waals surface area contributed by atoms with Crippen LogP contribution in [0.4, 0.5) is 0 Å². The predicted octanol–water partition coefficient (Wildman–Crippen LogP) is 3.12. The van der Waals surface area contributed by atoms with Crippen molar-refractivity contribution in [1.29, 1.82) is 0 Å². The van der Waals surface area contributed by atoms with E-state index in [1.807, 2.05) is 4.90 Å². The van der Waals surface area contributed by atoms with Gasteiger partial charge in [0.2, 0.25) is 5.91 Å². The summed E-state index contributed by atoms with van der Waals surface area (Å²) in [6.45, 7) is 6.27. The van der Waals surface area contributed by atoms with Gasteiger partial charge in [0, 0.05) is 19.6 Å². The molecule has 1 saturated heterocycles. The van der Waals surface area contributed by atoms with E-state index in [1.54, 1.807) is 0 Å². The lowest BCUT2D eigenvalue weighted by atomic mass is 9.80. The highest BCUT2D eigenvalue weighted by Crippen LogP contribution is 2.30. The maximum atomic E-state index is 12.8. The standard InChI is InChI=1S/C17H32N2O2.ClH/c1-3-17(4-2,13-18)16(20)19-11-9-15(10-12-19)21-14-7-5-6-8-14;/h14-15H,3-13,18H2,1-2H3;1H. The van der Waals surface area contributed by atoms with Crippen molar-refractivity contribution < 1.29 is 9.53 Å². The van der Waals surface area contributed by atoms with Crippen LogP contribution >= 0.6 is 12.4 Å². The first-order chi connectivity index (χ1) is 10.1. The highest BCUT2D eigenvalue weighted by molar-refractivity contribution is 5.85. The van der Waals surface area contributed by atoms with Crippen molar-refractivity contribution in [1.82, 2.24) is 4.90 Å². The first kappa shape index (κ1) is 19.7. The lowest BCUT2D eigenvalue weighted by Gasteiger charge is -2.39. The Labute approximate surface area is 141 Å². The zero-order chi connectivity index (χ0) is 15.3. The molecule has 4 nitrogen and oxygen atoms in total. The molecule has 1 amide bonds. The molecule has 22 heavy (non-hydrogen) atoms. The molecule has 0 atom stereocenters. The molecule has 1 aliphatic heterocycles. The van der Waals surface area contributed by atoms with Crippen LogP contribution in [0.2, 0.25) is 0 Å². The van der Waals surface area contributed by atoms with Crippen molar-refractivity contribution in [3.8, 4) is 0 Å². The van der Waals surface area contributed by atoms with Crippen LogP contribution in [-0.2, 0) is 9.53 Å². The Morgan fingerprint density at radius 1 is 1.09 bits per heavy atom. The molecule has 0 aromatic rings. The molecule has 1 heterocycles. The number of carbonyl (C=O) groups is 1. The highest BCUT2D eigenvalue weighted by Gasteiger charge is 2.38. The minimum atomic E-state index is -0.348. The monoisotopic (exact) mass is 332 g/mol. The molecule has 5 heteroatoms. The zero-order valence-corrected chi connectivity index (χ0v) is 15.0. The maximum absolute atomic E-state index is 12.8. The van der Waals surface area contributed by atoms with Crippen LogP contribution in [0.5, 0.6) is 0 Å². The summed E-state index contributed by atoms with van der Waals surface area (Å²) in [7, 11) is 0. The van der Waals surface area contributed by atoms with E-state index >= 15 is 0 Å². The molecule has 1 aliphatic carbocycles. The van der Waals surface area contributed by atoms with Crippen LogP contribution in [0.1, 0.15) is 65.2 Å². The highest BCUT2D eigenvalue weighted by atomic mass is 35.5. The van der Waals surface area contributed by atoms with E-state index in [0.717, 1.165) is 38.8 Å². The number of carbonyl (C=O) groups excluding carboxylic acids is 1. The van der Waals surface area contributed by atoms with E-state index in [2.05, 4.69) is 13.8 Å². The molecule has 0 aromatic heterocycles. The molecule has 0 unspecified atom stereocenters. The average molecular weight is 333 g/mol. The van der Waals surface area contributed by atoms with Gasteiger partial charge in [0.05, 0.1) is 17.6 Å². The Balaban J connectivity index is 0.00000242. The van der Waals surface area contributed by atoms with Crippen LogP contribution in [0.3, 0.4) is 0 Å². The molecule has 2 fully saturated rings. The zero-order valence-electron chi connectivity index (χ0n) is 14.2. The van der Waals surface area contributed by atoms with Gasteiger partial charge < -0.3 is 15.4 Å². The van der Waals surface area contributed by atoms with Gasteiger partial charge in [-0.1, -0.05) is 26.7 Å². The summed E-state index contributed by atoms with van der Waals surface area (Å²) in [6.07, 6.45) is 9.53. The van der Waals surface area contributed by atoms with Gasteiger partial charge in [0.15, 0.2) is 0 Å². The first-order valence-corrected chi connectivity index (χ1v) is 8.80. The van der Waals surface area contributed by atoms with Crippen LogP contribution in [0.25, 0.3) is 0 Å². The number of amides is 1. The Hall–Kier alpha value is -0.320. The van der Waals surface area contributed by atoms with Gasteiger partial charge in [-0.2, -0.15) is 0 Å². The number of nitrogens with zero attached hydrogens (tertiary/aromatic N) is 1. The molecule has 2 N–H and O–H groups in total. The second kappa shape index (κ2) is 9.09. The first-order valence-electron chi connectivity index (χ1n) is 8.80. The lowest BCUT2D eigenvalue weighted by Crippen LogP contribution is -2.51. The van der Waals surface area contributed by atoms with Crippen LogP contribution in [0, 0.1) is 5.41 Å². The fourth-order valence-electron chi connectivity index (χ4n) is 3.76. The normalized spacial score (nSPS) is 21.0. The van der Waals surface area contributed by atoms with Crippen molar-refractivity contribution in [2.45, 2.75) is 77.4 Å². The molecule has 0 aromatic carbocycles. The third-order valence-electron chi connectivity index (χ3n) is 5.61. The van der Waals surface area contributed by atoms with Crippen LogP contribution < -0.4 is 5.73 Å². The fourth-order valence-corrected chi connectivity index (χ4v) is 3.76. The molecule has 2 aliphatic rings. The second-order valence-corrected chi connectivity index (χ2v) is 6.73. The van der Waals surface area contributed by atoms with Crippen molar-refractivity contribution in [2.24, 2.45) is 11.1 Å². The molecule has 2 rings (SSSR count). The SMILES string of the molecule is CCC(CC)(CN)C(=O)N1CCC(OC2CCCC2)CC1.Cl. The smallest absolute Gasteiger partial charge is 0.230 e. The summed E-state index contributed by atoms with van der Waals surface area (Å²) in [4.78, 5) is 14.8. The lowest BCUT2D eigenvalue weighted by molar-refractivity contribution is -0.145. The minimum Gasteiger partial charge on any atom is -0.375 e. The van der Waals surface area contributed by atoms with Gasteiger partial charge in [-0.3, -0.25) is 4.79 Å². The quantitative estimate of drug-likeness (QED) is 0.813. The van der Waals surface area contributed by atoms with Gasteiger partial charge in [-0.05, 0) is 38.5 Å². The number of piperidine rings is 1. The third-order valence-corrected chi connectivity index (χ3v) is 5.61. The number of likely N-dealkylation sites (tertiary alicyclic amines) is 1. The summed E-state index contributed by atoms with van der Waals surface area (Å²) < 4.78 is 6.18. The van der Waals surface area contributed by atoms with Crippen molar-refractivity contribution in [3.63, 3.8) is 0 Å². The van der Waals surface area contributed by atoms with E-state index in [1.165, 1.54) is 25.7 Å². The van der Waals surface area contributed by atoms with E-state index in [9.17, 15) is 4.79 Å². The van der Waals surface area contributed by atoms with Crippen LogP contribution in [-0.4, -0.2) is 42.6 Å². The molecular weight excluding hydrogens is 300 g/mol. The maximum Gasteiger partial charge on any atom is 0.230 e. The summed E-state index contributed by atoms with van der Waals surface area (Å²) in [6, 6.07) is 0. The number of ether oxygens (including phenoxy) is 1. The summed E-state index contributed by atoms with van der Waals surface area (Å²) in [5.41, 5.74) is 5.55. The molecule has 130 valence electrons. The number of rotatable bonds is 6. The topological polar surface area (TPSA) is 55.6 Å². The van der Waals surface area contributed by atoms with Crippen LogP contribution in [0.15, 0.2) is 0 Å². The van der Waals surface area contributed by atoms with Crippen molar-refractivity contribution >= 4 is 18.3 Å².